The maximum Gasteiger partial charge on any atom is 0.134 e. The lowest BCUT2D eigenvalue weighted by Gasteiger charge is -2.14. The van der Waals surface area contributed by atoms with Gasteiger partial charge in [-0.2, -0.15) is 0 Å². The first-order valence-corrected chi connectivity index (χ1v) is 8.02. The standard InChI is InChI=1S/C20H23N3/c1-14-11-18-19(12-15(14)2)23(16(3)13-21)20(22-18)10-9-17-7-5-4-6-8-17/h4-12,16H,13,21H2,1-3H3/b10-9+. The molecule has 0 aliphatic carbocycles. The van der Waals surface area contributed by atoms with Crippen molar-refractivity contribution in [2.75, 3.05) is 6.54 Å². The predicted molar refractivity (Wildman–Crippen MR) is 98.3 cm³/mol. The van der Waals surface area contributed by atoms with E-state index in [9.17, 15) is 0 Å². The molecule has 3 nitrogen and oxygen atoms in total. The number of fused-ring (bicyclic) bond motifs is 1. The summed E-state index contributed by atoms with van der Waals surface area (Å²) in [5, 5.41) is 0. The summed E-state index contributed by atoms with van der Waals surface area (Å²) < 4.78 is 2.24. The molecule has 2 N–H and O–H groups in total. The second-order valence-corrected chi connectivity index (χ2v) is 6.09. The fourth-order valence-electron chi connectivity index (χ4n) is 2.79. The summed E-state index contributed by atoms with van der Waals surface area (Å²) in [6, 6.07) is 14.9. The van der Waals surface area contributed by atoms with Gasteiger partial charge in [0.25, 0.3) is 0 Å². The molecule has 0 fully saturated rings. The Kier molecular flexibility index (Phi) is 4.30. The molecule has 2 aromatic carbocycles. The van der Waals surface area contributed by atoms with Crippen LogP contribution in [0, 0.1) is 13.8 Å². The molecule has 1 aromatic heterocycles. The molecule has 1 atom stereocenters. The maximum absolute atomic E-state index is 5.93. The molecule has 3 aromatic rings. The number of rotatable bonds is 4. The molecule has 23 heavy (non-hydrogen) atoms. The number of benzene rings is 2. The van der Waals surface area contributed by atoms with Crippen LogP contribution >= 0.6 is 0 Å². The summed E-state index contributed by atoms with van der Waals surface area (Å²) in [5.41, 5.74) is 11.8. The van der Waals surface area contributed by atoms with Crippen molar-refractivity contribution >= 4 is 23.2 Å². The van der Waals surface area contributed by atoms with E-state index in [0.717, 1.165) is 16.9 Å². The second kappa shape index (κ2) is 6.39. The molecule has 0 saturated carbocycles. The summed E-state index contributed by atoms with van der Waals surface area (Å²) >= 11 is 0. The van der Waals surface area contributed by atoms with Gasteiger partial charge in [-0.05, 0) is 55.7 Å². The number of nitrogens with two attached hydrogens (primary N) is 1. The van der Waals surface area contributed by atoms with Crippen molar-refractivity contribution in [2.24, 2.45) is 5.73 Å². The highest BCUT2D eigenvalue weighted by atomic mass is 15.1. The molecule has 0 saturated heterocycles. The van der Waals surface area contributed by atoms with Crippen LogP contribution in [-0.4, -0.2) is 16.1 Å². The highest BCUT2D eigenvalue weighted by molar-refractivity contribution is 5.81. The Labute approximate surface area is 137 Å². The summed E-state index contributed by atoms with van der Waals surface area (Å²) in [6.45, 7) is 6.99. The van der Waals surface area contributed by atoms with Crippen LogP contribution in [0.3, 0.4) is 0 Å². The first-order valence-electron chi connectivity index (χ1n) is 8.02. The quantitative estimate of drug-likeness (QED) is 0.779. The van der Waals surface area contributed by atoms with Gasteiger partial charge in [-0.25, -0.2) is 4.98 Å². The van der Waals surface area contributed by atoms with Crippen molar-refractivity contribution in [1.82, 2.24) is 9.55 Å². The third-order valence-electron chi connectivity index (χ3n) is 4.34. The molecule has 0 radical (unpaired) electrons. The van der Waals surface area contributed by atoms with Crippen LogP contribution in [0.5, 0.6) is 0 Å². The zero-order valence-electron chi connectivity index (χ0n) is 14.0. The van der Waals surface area contributed by atoms with Crippen molar-refractivity contribution in [3.8, 4) is 0 Å². The van der Waals surface area contributed by atoms with E-state index in [4.69, 9.17) is 10.7 Å². The third-order valence-corrected chi connectivity index (χ3v) is 4.34. The van der Waals surface area contributed by atoms with Gasteiger partial charge in [0, 0.05) is 12.6 Å². The minimum absolute atomic E-state index is 0.206. The molecule has 1 unspecified atom stereocenters. The van der Waals surface area contributed by atoms with E-state index in [1.54, 1.807) is 0 Å². The highest BCUT2D eigenvalue weighted by Crippen LogP contribution is 2.25. The van der Waals surface area contributed by atoms with Crippen LogP contribution in [0.1, 0.15) is 35.5 Å². The van der Waals surface area contributed by atoms with Gasteiger partial charge in [-0.1, -0.05) is 36.4 Å². The lowest BCUT2D eigenvalue weighted by Crippen LogP contribution is -2.17. The minimum atomic E-state index is 0.206. The number of aromatic nitrogens is 2. The van der Waals surface area contributed by atoms with Gasteiger partial charge >= 0.3 is 0 Å². The number of hydrogen-bond acceptors (Lipinski definition) is 2. The minimum Gasteiger partial charge on any atom is -0.328 e. The van der Waals surface area contributed by atoms with E-state index < -0.39 is 0 Å². The smallest absolute Gasteiger partial charge is 0.134 e. The van der Waals surface area contributed by atoms with Crippen LogP contribution in [0.25, 0.3) is 23.2 Å². The number of aryl methyl sites for hydroxylation is 2. The largest absolute Gasteiger partial charge is 0.328 e. The van der Waals surface area contributed by atoms with Crippen LogP contribution in [0.15, 0.2) is 42.5 Å². The number of imidazole rings is 1. The monoisotopic (exact) mass is 305 g/mol. The Bertz CT molecular complexity index is 844. The Morgan fingerprint density at radius 2 is 1.78 bits per heavy atom. The average molecular weight is 305 g/mol. The fraction of sp³-hybridized carbons (Fsp3) is 0.250. The lowest BCUT2D eigenvalue weighted by molar-refractivity contribution is 0.569. The van der Waals surface area contributed by atoms with Crippen LogP contribution in [-0.2, 0) is 0 Å². The highest BCUT2D eigenvalue weighted by Gasteiger charge is 2.14. The first kappa shape index (κ1) is 15.5. The maximum atomic E-state index is 5.93. The van der Waals surface area contributed by atoms with E-state index in [2.05, 4.69) is 61.8 Å². The molecular formula is C20H23N3. The van der Waals surface area contributed by atoms with Crippen molar-refractivity contribution < 1.29 is 0 Å². The Balaban J connectivity index is 2.13. The van der Waals surface area contributed by atoms with Gasteiger partial charge < -0.3 is 10.3 Å². The normalized spacial score (nSPS) is 13.0. The SMILES string of the molecule is Cc1cc2nc(/C=C/c3ccccc3)n(C(C)CN)c2cc1C. The molecule has 0 bridgehead atoms. The predicted octanol–water partition coefficient (Wildman–Crippen LogP) is 4.34. The number of hydrogen-bond donors (Lipinski definition) is 1. The van der Waals surface area contributed by atoms with Gasteiger partial charge in [-0.15, -0.1) is 0 Å². The molecule has 1 heterocycles. The molecule has 0 amide bonds. The van der Waals surface area contributed by atoms with Gasteiger partial charge in [0.15, 0.2) is 0 Å². The van der Waals surface area contributed by atoms with Crippen LogP contribution in [0.4, 0.5) is 0 Å². The molecule has 0 aliphatic heterocycles. The van der Waals surface area contributed by atoms with Gasteiger partial charge in [0.05, 0.1) is 11.0 Å². The molecule has 3 heteroatoms. The molecule has 0 aliphatic rings. The number of nitrogens with zero attached hydrogens (tertiary/aromatic N) is 2. The fourth-order valence-corrected chi connectivity index (χ4v) is 2.79. The molecular weight excluding hydrogens is 282 g/mol. The molecule has 118 valence electrons. The third kappa shape index (κ3) is 3.06. The topological polar surface area (TPSA) is 43.8 Å². The van der Waals surface area contributed by atoms with E-state index >= 15 is 0 Å². The van der Waals surface area contributed by atoms with E-state index in [0.29, 0.717) is 6.54 Å². The van der Waals surface area contributed by atoms with E-state index in [1.165, 1.54) is 16.7 Å². The Morgan fingerprint density at radius 1 is 1.09 bits per heavy atom. The summed E-state index contributed by atoms with van der Waals surface area (Å²) in [5.74, 6) is 0.951. The van der Waals surface area contributed by atoms with Crippen molar-refractivity contribution in [3.63, 3.8) is 0 Å². The molecule has 3 rings (SSSR count). The zero-order chi connectivity index (χ0) is 16.4. The van der Waals surface area contributed by atoms with Crippen molar-refractivity contribution in [1.29, 1.82) is 0 Å². The average Bonchev–Trinajstić information content (AvgIpc) is 2.91. The van der Waals surface area contributed by atoms with Crippen LogP contribution < -0.4 is 5.73 Å². The Hall–Kier alpha value is -2.39. The zero-order valence-corrected chi connectivity index (χ0v) is 14.0. The van der Waals surface area contributed by atoms with Gasteiger partial charge in [0.1, 0.15) is 5.82 Å². The van der Waals surface area contributed by atoms with Gasteiger partial charge in [-0.3, -0.25) is 0 Å². The molecule has 0 spiro atoms. The summed E-state index contributed by atoms with van der Waals surface area (Å²) in [7, 11) is 0. The van der Waals surface area contributed by atoms with E-state index in [-0.39, 0.29) is 6.04 Å². The van der Waals surface area contributed by atoms with Crippen LogP contribution in [0.2, 0.25) is 0 Å². The van der Waals surface area contributed by atoms with Gasteiger partial charge in [0.2, 0.25) is 0 Å². The Morgan fingerprint density at radius 3 is 2.48 bits per heavy atom. The van der Waals surface area contributed by atoms with E-state index in [1.807, 2.05) is 18.2 Å². The summed E-state index contributed by atoms with van der Waals surface area (Å²) in [6.07, 6.45) is 4.17. The first-order chi connectivity index (χ1) is 11.1. The van der Waals surface area contributed by atoms with Crippen molar-refractivity contribution in [2.45, 2.75) is 26.8 Å². The summed E-state index contributed by atoms with van der Waals surface area (Å²) in [4.78, 5) is 4.82. The second-order valence-electron chi connectivity index (χ2n) is 6.09. The lowest BCUT2D eigenvalue weighted by atomic mass is 10.1. The van der Waals surface area contributed by atoms with Crippen molar-refractivity contribution in [3.05, 3.63) is 65.0 Å².